The first-order valence-electron chi connectivity index (χ1n) is 10.00. The fraction of sp³-hybridized carbons (Fsp3) is 0.125. The predicted octanol–water partition coefficient (Wildman–Crippen LogP) is 6.02. The number of nitrogens with zero attached hydrogens (tertiary/aromatic N) is 4. The van der Waals surface area contributed by atoms with E-state index in [1.807, 2.05) is 60.7 Å². The van der Waals surface area contributed by atoms with E-state index < -0.39 is 21.9 Å². The van der Waals surface area contributed by atoms with Crippen molar-refractivity contribution in [1.29, 1.82) is 0 Å². The molecule has 6 nitrogen and oxygen atoms in total. The Morgan fingerprint density at radius 1 is 0.788 bits per heavy atom. The van der Waals surface area contributed by atoms with Crippen molar-refractivity contribution in [2.75, 3.05) is 16.8 Å². The van der Waals surface area contributed by atoms with Gasteiger partial charge in [-0.3, -0.25) is 9.69 Å². The highest BCUT2D eigenvalue weighted by Gasteiger charge is 2.45. The second-order valence-corrected chi connectivity index (χ2v) is 9.60. The number of rotatable bonds is 5. The molecule has 0 saturated carbocycles. The van der Waals surface area contributed by atoms with E-state index in [1.165, 1.54) is 7.05 Å². The molecule has 0 spiro atoms. The molecule has 3 aromatic rings. The zero-order chi connectivity index (χ0) is 23.6. The number of hydrogen-bond donors (Lipinski definition) is 0. The Labute approximate surface area is 206 Å². The van der Waals surface area contributed by atoms with Crippen LogP contribution in [0.5, 0.6) is 0 Å². The number of anilines is 3. The maximum atomic E-state index is 13.3. The molecule has 3 aromatic carbocycles. The van der Waals surface area contributed by atoms with E-state index in [0.717, 1.165) is 9.80 Å². The molecule has 1 saturated heterocycles. The molecule has 1 aliphatic rings. The maximum Gasteiger partial charge on any atom is 0.337 e. The number of imide groups is 1. The Hall–Kier alpha value is -3.06. The number of aliphatic imine (C=N–C) groups is 1. The highest BCUT2D eigenvalue weighted by atomic mass is 35.6. The van der Waals surface area contributed by atoms with Crippen LogP contribution in [0.4, 0.5) is 21.9 Å². The Bertz CT molecular complexity index is 1130. The van der Waals surface area contributed by atoms with Gasteiger partial charge in [0.15, 0.2) is 6.17 Å². The molecule has 1 atom stereocenters. The van der Waals surface area contributed by atoms with Gasteiger partial charge in [-0.1, -0.05) is 89.4 Å². The van der Waals surface area contributed by atoms with Gasteiger partial charge in [0.1, 0.15) is 0 Å². The number of benzene rings is 3. The summed E-state index contributed by atoms with van der Waals surface area (Å²) < 4.78 is -1.94. The number of alkyl halides is 3. The molecular weight excluding hydrogens is 483 g/mol. The molecule has 168 valence electrons. The van der Waals surface area contributed by atoms with Crippen molar-refractivity contribution in [3.63, 3.8) is 0 Å². The minimum Gasteiger partial charge on any atom is -0.315 e. The van der Waals surface area contributed by atoms with Gasteiger partial charge < -0.3 is 4.90 Å². The molecule has 0 aliphatic carbocycles. The summed E-state index contributed by atoms with van der Waals surface area (Å²) in [4.78, 5) is 34.6. The molecule has 1 unspecified atom stereocenters. The quantitative estimate of drug-likeness (QED) is 0.317. The SMILES string of the molecule is CN1C(=O)N(c2ccccc2)C(=O)C1=NC(N(c1ccccc1)c1ccccc1)C(Cl)(Cl)Cl. The summed E-state index contributed by atoms with van der Waals surface area (Å²) in [5.74, 6) is -0.730. The summed E-state index contributed by atoms with van der Waals surface area (Å²) in [6.45, 7) is 0. The van der Waals surface area contributed by atoms with Gasteiger partial charge in [0.2, 0.25) is 9.63 Å². The van der Waals surface area contributed by atoms with Crippen molar-refractivity contribution in [2.45, 2.75) is 9.96 Å². The van der Waals surface area contributed by atoms with Crippen LogP contribution in [-0.4, -0.2) is 39.7 Å². The van der Waals surface area contributed by atoms with Gasteiger partial charge in [-0.2, -0.15) is 0 Å². The van der Waals surface area contributed by atoms with E-state index in [-0.39, 0.29) is 5.84 Å². The van der Waals surface area contributed by atoms with Crippen molar-refractivity contribution >= 4 is 69.6 Å². The molecule has 1 fully saturated rings. The fourth-order valence-corrected chi connectivity index (χ4v) is 3.96. The van der Waals surface area contributed by atoms with Crippen molar-refractivity contribution in [2.24, 2.45) is 4.99 Å². The highest BCUT2D eigenvalue weighted by molar-refractivity contribution is 6.68. The molecule has 33 heavy (non-hydrogen) atoms. The maximum absolute atomic E-state index is 13.3. The number of amidine groups is 1. The van der Waals surface area contributed by atoms with Gasteiger partial charge in [0, 0.05) is 18.4 Å². The lowest BCUT2D eigenvalue weighted by Crippen LogP contribution is -2.42. The van der Waals surface area contributed by atoms with Crippen LogP contribution >= 0.6 is 34.8 Å². The normalized spacial score (nSPS) is 16.4. The Balaban J connectivity index is 1.84. The number of urea groups is 1. The monoisotopic (exact) mass is 500 g/mol. The van der Waals surface area contributed by atoms with Crippen LogP contribution in [0.3, 0.4) is 0 Å². The van der Waals surface area contributed by atoms with E-state index in [0.29, 0.717) is 17.1 Å². The number of hydrogen-bond acceptors (Lipinski definition) is 4. The zero-order valence-electron chi connectivity index (χ0n) is 17.5. The van der Waals surface area contributed by atoms with E-state index in [1.54, 1.807) is 35.2 Å². The van der Waals surface area contributed by atoms with Gasteiger partial charge in [0.25, 0.3) is 0 Å². The van der Waals surface area contributed by atoms with Crippen LogP contribution in [0.1, 0.15) is 0 Å². The lowest BCUT2D eigenvalue weighted by atomic mass is 10.2. The van der Waals surface area contributed by atoms with Gasteiger partial charge in [-0.05, 0) is 36.4 Å². The third-order valence-electron chi connectivity index (χ3n) is 5.06. The number of amides is 3. The first-order valence-corrected chi connectivity index (χ1v) is 11.1. The summed E-state index contributed by atoms with van der Waals surface area (Å²) in [5.41, 5.74) is 1.82. The summed E-state index contributed by atoms with van der Waals surface area (Å²) in [6.07, 6.45) is -1.16. The van der Waals surface area contributed by atoms with E-state index >= 15 is 0 Å². The smallest absolute Gasteiger partial charge is 0.315 e. The molecule has 1 heterocycles. The van der Waals surface area contributed by atoms with Gasteiger partial charge in [-0.15, -0.1) is 0 Å². The van der Waals surface area contributed by atoms with Crippen LogP contribution in [0, 0.1) is 0 Å². The van der Waals surface area contributed by atoms with Gasteiger partial charge >= 0.3 is 11.9 Å². The van der Waals surface area contributed by atoms with Crippen molar-refractivity contribution in [3.05, 3.63) is 91.0 Å². The molecule has 0 radical (unpaired) electrons. The Morgan fingerprint density at radius 3 is 1.70 bits per heavy atom. The first-order chi connectivity index (χ1) is 15.8. The van der Waals surface area contributed by atoms with E-state index in [4.69, 9.17) is 34.8 Å². The largest absolute Gasteiger partial charge is 0.337 e. The topological polar surface area (TPSA) is 56.2 Å². The van der Waals surface area contributed by atoms with Crippen LogP contribution in [0.15, 0.2) is 96.0 Å². The Kier molecular flexibility index (Phi) is 6.61. The lowest BCUT2D eigenvalue weighted by molar-refractivity contribution is -0.111. The number of halogens is 3. The fourth-order valence-electron chi connectivity index (χ4n) is 3.52. The number of likely N-dealkylation sites (N-methyl/N-ethyl adjacent to an activating group) is 1. The lowest BCUT2D eigenvalue weighted by Gasteiger charge is -2.35. The standard InChI is InChI=1S/C24H19Cl3N4O2/c1-29-20(21(32)31(23(29)33)19-15-9-4-10-16-19)28-22(24(25,26)27)30(17-11-5-2-6-12-17)18-13-7-3-8-14-18/h2-16,22H,1H3. The summed E-state index contributed by atoms with van der Waals surface area (Å²) in [6, 6.07) is 26.6. The molecule has 3 amide bonds. The van der Waals surface area contributed by atoms with Crippen LogP contribution in [0.25, 0.3) is 0 Å². The van der Waals surface area contributed by atoms with Crippen LogP contribution in [0.2, 0.25) is 0 Å². The van der Waals surface area contributed by atoms with Crippen LogP contribution < -0.4 is 9.80 Å². The predicted molar refractivity (Wildman–Crippen MR) is 134 cm³/mol. The second-order valence-electron chi connectivity index (χ2n) is 7.23. The molecule has 0 aromatic heterocycles. The van der Waals surface area contributed by atoms with Gasteiger partial charge in [-0.25, -0.2) is 14.7 Å². The first kappa shape index (κ1) is 23.1. The Morgan fingerprint density at radius 2 is 1.24 bits per heavy atom. The van der Waals surface area contributed by atoms with Crippen molar-refractivity contribution in [1.82, 2.24) is 4.90 Å². The number of carbonyl (C=O) groups is 2. The highest BCUT2D eigenvalue weighted by Crippen LogP contribution is 2.41. The van der Waals surface area contributed by atoms with Crippen LogP contribution in [-0.2, 0) is 4.79 Å². The van der Waals surface area contributed by atoms with E-state index in [9.17, 15) is 9.59 Å². The minimum absolute atomic E-state index is 0.128. The van der Waals surface area contributed by atoms with Crippen molar-refractivity contribution in [3.8, 4) is 0 Å². The molecule has 0 bridgehead atoms. The number of para-hydroxylation sites is 3. The summed E-state index contributed by atoms with van der Waals surface area (Å²) in [5, 5.41) is 0. The molecule has 9 heteroatoms. The van der Waals surface area contributed by atoms with Crippen molar-refractivity contribution < 1.29 is 9.59 Å². The third kappa shape index (κ3) is 4.69. The molecular formula is C24H19Cl3N4O2. The molecule has 4 rings (SSSR count). The second kappa shape index (κ2) is 9.43. The number of carbonyl (C=O) groups excluding carboxylic acids is 2. The average Bonchev–Trinajstić information content (AvgIpc) is 3.03. The summed E-state index contributed by atoms with van der Waals surface area (Å²) in [7, 11) is 1.47. The van der Waals surface area contributed by atoms with Gasteiger partial charge in [0.05, 0.1) is 5.69 Å². The molecule has 0 N–H and O–H groups in total. The average molecular weight is 502 g/mol. The third-order valence-corrected chi connectivity index (χ3v) is 5.64. The zero-order valence-corrected chi connectivity index (χ0v) is 19.7. The summed E-state index contributed by atoms with van der Waals surface area (Å²) >= 11 is 19.2. The minimum atomic E-state index is -1.94. The van der Waals surface area contributed by atoms with E-state index in [2.05, 4.69) is 4.99 Å². The molecule has 1 aliphatic heterocycles.